The van der Waals surface area contributed by atoms with Gasteiger partial charge in [-0.1, -0.05) is 22.9 Å². The Morgan fingerprint density at radius 2 is 1.94 bits per heavy atom. The molecule has 1 heterocycles. The lowest BCUT2D eigenvalue weighted by molar-refractivity contribution is 0.0974. The molecular formula is C21H24F2N4O4. The first kappa shape index (κ1) is 22.3. The molecule has 0 aromatic heterocycles. The number of oxime groups is 1. The minimum Gasteiger partial charge on any atom is -0.497 e. The molecule has 2 aromatic rings. The third kappa shape index (κ3) is 5.40. The first-order valence-electron chi connectivity index (χ1n) is 9.64. The molecule has 0 spiro atoms. The number of aryl methyl sites for hydroxylation is 1. The molecule has 3 rings (SSSR count). The van der Waals surface area contributed by atoms with Gasteiger partial charge in [-0.3, -0.25) is 0 Å². The summed E-state index contributed by atoms with van der Waals surface area (Å²) in [7, 11) is 1.31. The van der Waals surface area contributed by atoms with Gasteiger partial charge in [0.25, 0.3) is 0 Å². The third-order valence-electron chi connectivity index (χ3n) is 4.80. The van der Waals surface area contributed by atoms with Crippen LogP contribution in [0.15, 0.2) is 41.6 Å². The van der Waals surface area contributed by atoms with Crippen LogP contribution in [0.1, 0.15) is 17.0 Å². The largest absolute Gasteiger partial charge is 0.497 e. The van der Waals surface area contributed by atoms with Gasteiger partial charge >= 0.3 is 6.03 Å². The van der Waals surface area contributed by atoms with E-state index in [1.165, 1.54) is 7.11 Å². The molecule has 1 aliphatic rings. The number of aliphatic hydroxyl groups excluding tert-OH is 1. The Morgan fingerprint density at radius 1 is 1.26 bits per heavy atom. The summed E-state index contributed by atoms with van der Waals surface area (Å²) in [4.78, 5) is 17.6. The summed E-state index contributed by atoms with van der Waals surface area (Å²) >= 11 is 0. The van der Waals surface area contributed by atoms with Gasteiger partial charge in [-0.2, -0.15) is 0 Å². The van der Waals surface area contributed by atoms with Crippen molar-refractivity contribution in [2.75, 3.05) is 32.2 Å². The van der Waals surface area contributed by atoms with Crippen molar-refractivity contribution in [1.82, 2.24) is 10.6 Å². The zero-order chi connectivity index (χ0) is 22.4. The smallest absolute Gasteiger partial charge is 0.319 e. The molecular weight excluding hydrogens is 410 g/mol. The van der Waals surface area contributed by atoms with Crippen LogP contribution < -0.4 is 20.7 Å². The van der Waals surface area contributed by atoms with E-state index in [9.17, 15) is 13.6 Å². The number of anilines is 1. The highest BCUT2D eigenvalue weighted by molar-refractivity contribution is 5.97. The van der Waals surface area contributed by atoms with Crippen molar-refractivity contribution in [2.45, 2.75) is 18.9 Å². The second-order valence-electron chi connectivity index (χ2n) is 6.97. The molecule has 0 bridgehead atoms. The van der Waals surface area contributed by atoms with Gasteiger partial charge in [0.15, 0.2) is 5.84 Å². The van der Waals surface area contributed by atoms with Crippen molar-refractivity contribution in [3.63, 3.8) is 0 Å². The van der Waals surface area contributed by atoms with Crippen LogP contribution in [0, 0.1) is 18.6 Å². The number of carbonyl (C=O) groups excluding carboxylic acids is 1. The molecule has 1 aliphatic heterocycles. The van der Waals surface area contributed by atoms with E-state index in [1.54, 1.807) is 12.1 Å². The van der Waals surface area contributed by atoms with E-state index in [4.69, 9.17) is 14.7 Å². The zero-order valence-electron chi connectivity index (χ0n) is 17.1. The molecule has 0 unspecified atom stereocenters. The van der Waals surface area contributed by atoms with Crippen molar-refractivity contribution >= 4 is 17.6 Å². The fourth-order valence-electron chi connectivity index (χ4n) is 3.29. The number of ether oxygens (including phenoxy) is 1. The average Bonchev–Trinajstić information content (AvgIpc) is 3.11. The van der Waals surface area contributed by atoms with Crippen LogP contribution in [0.5, 0.6) is 5.75 Å². The van der Waals surface area contributed by atoms with Gasteiger partial charge in [-0.05, 0) is 19.1 Å². The van der Waals surface area contributed by atoms with E-state index >= 15 is 0 Å². The molecule has 0 saturated carbocycles. The number of rotatable bonds is 7. The van der Waals surface area contributed by atoms with E-state index in [0.717, 1.165) is 17.7 Å². The van der Waals surface area contributed by atoms with Gasteiger partial charge in [0, 0.05) is 35.8 Å². The Balaban J connectivity index is 1.85. The van der Waals surface area contributed by atoms with Crippen molar-refractivity contribution in [1.29, 1.82) is 0 Å². The predicted octanol–water partition coefficient (Wildman–Crippen LogP) is 2.48. The number of aliphatic hydroxyl groups is 1. The van der Waals surface area contributed by atoms with E-state index in [1.807, 2.05) is 19.1 Å². The summed E-state index contributed by atoms with van der Waals surface area (Å²) in [6, 6.07) is 7.84. The van der Waals surface area contributed by atoms with Crippen molar-refractivity contribution < 1.29 is 28.3 Å². The molecule has 2 aromatic carbocycles. The Hall–Kier alpha value is -3.40. The highest BCUT2D eigenvalue weighted by atomic mass is 19.1. The van der Waals surface area contributed by atoms with E-state index in [-0.39, 0.29) is 36.9 Å². The molecule has 10 heteroatoms. The summed E-state index contributed by atoms with van der Waals surface area (Å²) in [5.41, 5.74) is 1.38. The second-order valence-corrected chi connectivity index (χ2v) is 6.97. The monoisotopic (exact) mass is 434 g/mol. The predicted molar refractivity (Wildman–Crippen MR) is 111 cm³/mol. The van der Waals surface area contributed by atoms with Crippen LogP contribution >= 0.6 is 0 Å². The summed E-state index contributed by atoms with van der Waals surface area (Å²) in [5.74, 6) is -2.16. The maximum Gasteiger partial charge on any atom is 0.319 e. The first-order chi connectivity index (χ1) is 14.9. The number of hydrogen-bond donors (Lipinski definition) is 4. The molecule has 4 N–H and O–H groups in total. The van der Waals surface area contributed by atoms with Gasteiger partial charge in [0.05, 0.1) is 13.7 Å². The number of hydrogen-bond acceptors (Lipinski definition) is 5. The Morgan fingerprint density at radius 3 is 2.55 bits per heavy atom. The van der Waals surface area contributed by atoms with Crippen LogP contribution in [-0.4, -0.2) is 49.9 Å². The maximum atomic E-state index is 14.7. The number of benzene rings is 2. The molecule has 2 atom stereocenters. The Bertz CT molecular complexity index is 930. The molecule has 1 saturated heterocycles. The molecule has 0 radical (unpaired) electrons. The topological polar surface area (TPSA) is 104 Å². The molecule has 166 valence electrons. The SMILES string of the molecule is COc1cc(F)c([C@@H]2CN/C(=N\OCCO)[C@H]2NC(=O)Nc2ccc(C)cc2)c(F)c1. The van der Waals surface area contributed by atoms with Crippen molar-refractivity contribution in [2.24, 2.45) is 5.16 Å². The lowest BCUT2D eigenvalue weighted by Crippen LogP contribution is -2.45. The number of nitrogens with zero attached hydrogens (tertiary/aromatic N) is 1. The van der Waals surface area contributed by atoms with Crippen LogP contribution in [0.25, 0.3) is 0 Å². The van der Waals surface area contributed by atoms with Crippen LogP contribution in [-0.2, 0) is 4.84 Å². The van der Waals surface area contributed by atoms with Gasteiger partial charge < -0.3 is 30.6 Å². The molecule has 1 fully saturated rings. The fourth-order valence-corrected chi connectivity index (χ4v) is 3.29. The number of urea groups is 1. The fraction of sp³-hybridized carbons (Fsp3) is 0.333. The quantitative estimate of drug-likeness (QED) is 0.396. The number of carbonyl (C=O) groups is 1. The minimum absolute atomic E-state index is 0.0477. The van der Waals surface area contributed by atoms with Gasteiger partial charge in [0.2, 0.25) is 0 Å². The normalized spacial score (nSPS) is 19.1. The summed E-state index contributed by atoms with van der Waals surface area (Å²) in [6.45, 7) is 1.71. The average molecular weight is 434 g/mol. The van der Waals surface area contributed by atoms with Gasteiger partial charge in [-0.25, -0.2) is 13.6 Å². The highest BCUT2D eigenvalue weighted by Crippen LogP contribution is 2.31. The van der Waals surface area contributed by atoms with E-state index < -0.39 is 29.6 Å². The highest BCUT2D eigenvalue weighted by Gasteiger charge is 2.39. The lowest BCUT2D eigenvalue weighted by atomic mass is 9.92. The van der Waals surface area contributed by atoms with Crippen LogP contribution in [0.4, 0.5) is 19.3 Å². The molecule has 8 nitrogen and oxygen atoms in total. The number of nitrogens with one attached hydrogen (secondary N) is 3. The van der Waals surface area contributed by atoms with Gasteiger partial charge in [-0.15, -0.1) is 0 Å². The number of halogens is 2. The third-order valence-corrected chi connectivity index (χ3v) is 4.80. The Labute approximate surface area is 178 Å². The zero-order valence-corrected chi connectivity index (χ0v) is 17.1. The number of methoxy groups -OCH3 is 1. The standard InChI is InChI=1S/C21H24F2N4O4/c1-12-3-5-13(6-4-12)25-21(29)26-19-15(11-24-20(19)27-31-8-7-28)18-16(22)9-14(30-2)10-17(18)23/h3-6,9-10,15,19,28H,7-8,11H2,1-2H3,(H,24,27)(H2,25,26,29)/t15-,19-/m0/s1. The van der Waals surface area contributed by atoms with Crippen molar-refractivity contribution in [3.05, 3.63) is 59.2 Å². The second kappa shape index (κ2) is 10.1. The number of amides is 2. The maximum absolute atomic E-state index is 14.7. The van der Waals surface area contributed by atoms with Crippen LogP contribution in [0.2, 0.25) is 0 Å². The molecule has 0 aliphatic carbocycles. The van der Waals surface area contributed by atoms with E-state index in [0.29, 0.717) is 5.69 Å². The van der Waals surface area contributed by atoms with Crippen molar-refractivity contribution in [3.8, 4) is 5.75 Å². The molecule has 31 heavy (non-hydrogen) atoms. The van der Waals surface area contributed by atoms with Gasteiger partial charge in [0.1, 0.15) is 30.0 Å². The summed E-state index contributed by atoms with van der Waals surface area (Å²) in [6.07, 6.45) is 0. The summed E-state index contributed by atoms with van der Waals surface area (Å²) < 4.78 is 34.3. The summed E-state index contributed by atoms with van der Waals surface area (Å²) in [5, 5.41) is 21.0. The lowest BCUT2D eigenvalue weighted by Gasteiger charge is -2.21. The Kier molecular flexibility index (Phi) is 7.24. The minimum atomic E-state index is -0.901. The van der Waals surface area contributed by atoms with Crippen LogP contribution in [0.3, 0.4) is 0 Å². The number of amidine groups is 1. The first-order valence-corrected chi connectivity index (χ1v) is 9.64. The molecule has 2 amide bonds. The van der Waals surface area contributed by atoms with E-state index in [2.05, 4.69) is 21.1 Å².